The van der Waals surface area contributed by atoms with Crippen LogP contribution in [0.3, 0.4) is 0 Å². The van der Waals surface area contributed by atoms with Crippen LogP contribution in [-0.2, 0) is 19.1 Å². The highest BCUT2D eigenvalue weighted by molar-refractivity contribution is 5.80. The number of hydrogen-bond donors (Lipinski definition) is 0. The second kappa shape index (κ2) is 4.19. The van der Waals surface area contributed by atoms with Gasteiger partial charge in [-0.1, -0.05) is 6.92 Å². The first kappa shape index (κ1) is 14.1. The van der Waals surface area contributed by atoms with Gasteiger partial charge in [0.2, 0.25) is 0 Å². The number of carbonyl (C=O) groups excluding carboxylic acids is 2. The van der Waals surface area contributed by atoms with E-state index in [-0.39, 0.29) is 35.5 Å². The van der Waals surface area contributed by atoms with E-state index in [4.69, 9.17) is 9.47 Å². The predicted octanol–water partition coefficient (Wildman–Crippen LogP) is 2.80. The summed E-state index contributed by atoms with van der Waals surface area (Å²) in [7, 11) is 0. The number of ether oxygens (including phenoxy) is 2. The van der Waals surface area contributed by atoms with Crippen LogP contribution in [0.2, 0.25) is 0 Å². The minimum absolute atomic E-state index is 0.0539. The second-order valence-corrected chi connectivity index (χ2v) is 9.85. The van der Waals surface area contributed by atoms with Crippen LogP contribution in [0.15, 0.2) is 0 Å². The zero-order chi connectivity index (χ0) is 16.4. The Hall–Kier alpha value is -1.06. The van der Waals surface area contributed by atoms with Crippen molar-refractivity contribution in [3.8, 4) is 0 Å². The molecule has 0 aromatic carbocycles. The van der Waals surface area contributed by atoms with Crippen molar-refractivity contribution >= 4 is 11.9 Å². The number of esters is 2. The molecule has 0 N–H and O–H groups in total. The van der Waals surface area contributed by atoms with Gasteiger partial charge in [-0.15, -0.1) is 0 Å². The van der Waals surface area contributed by atoms with E-state index in [1.807, 2.05) is 0 Å². The summed E-state index contributed by atoms with van der Waals surface area (Å²) in [6.45, 7) is 4.39. The van der Waals surface area contributed by atoms with Gasteiger partial charge in [0, 0.05) is 11.8 Å². The van der Waals surface area contributed by atoms with E-state index in [1.54, 1.807) is 0 Å². The van der Waals surface area contributed by atoms with Crippen molar-refractivity contribution in [3.05, 3.63) is 0 Å². The third-order valence-corrected chi connectivity index (χ3v) is 9.18. The Kier molecular flexibility index (Phi) is 2.47. The third kappa shape index (κ3) is 1.41. The molecule has 4 bridgehead atoms. The molecule has 0 amide bonds. The van der Waals surface area contributed by atoms with Crippen LogP contribution >= 0.6 is 0 Å². The lowest BCUT2D eigenvalue weighted by Crippen LogP contribution is -2.35. The summed E-state index contributed by atoms with van der Waals surface area (Å²) in [6, 6.07) is 0. The molecule has 4 aliphatic carbocycles. The van der Waals surface area contributed by atoms with Gasteiger partial charge in [-0.3, -0.25) is 9.59 Å². The van der Waals surface area contributed by atoms with Crippen molar-refractivity contribution < 1.29 is 19.1 Å². The van der Waals surface area contributed by atoms with Crippen LogP contribution < -0.4 is 0 Å². The highest BCUT2D eigenvalue weighted by atomic mass is 16.6. The fourth-order valence-corrected chi connectivity index (χ4v) is 8.15. The normalized spacial score (nSPS) is 61.8. The molecule has 6 aliphatic rings. The molecule has 2 aliphatic heterocycles. The molecule has 2 heterocycles. The van der Waals surface area contributed by atoms with E-state index in [2.05, 4.69) is 13.8 Å². The number of hydrogen-bond acceptors (Lipinski definition) is 4. The summed E-state index contributed by atoms with van der Waals surface area (Å²) in [5.74, 6) is 4.18. The van der Waals surface area contributed by atoms with Crippen molar-refractivity contribution in [3.63, 3.8) is 0 Å². The largest absolute Gasteiger partial charge is 0.462 e. The molecule has 2 saturated heterocycles. The van der Waals surface area contributed by atoms with Gasteiger partial charge in [0.15, 0.2) is 0 Å². The van der Waals surface area contributed by atoms with Gasteiger partial charge >= 0.3 is 11.9 Å². The molecule has 6 fully saturated rings. The summed E-state index contributed by atoms with van der Waals surface area (Å²) in [4.78, 5) is 24.5. The topological polar surface area (TPSA) is 52.6 Å². The number of carbonyl (C=O) groups is 2. The Morgan fingerprint density at radius 2 is 1.83 bits per heavy atom. The maximum Gasteiger partial charge on any atom is 0.312 e. The first-order chi connectivity index (χ1) is 11.5. The van der Waals surface area contributed by atoms with E-state index >= 15 is 0 Å². The molecule has 4 saturated carbocycles. The summed E-state index contributed by atoms with van der Waals surface area (Å²) in [6.07, 6.45) is 6.03. The monoisotopic (exact) mass is 330 g/mol. The first-order valence-electron chi connectivity index (χ1n) is 9.90. The van der Waals surface area contributed by atoms with Crippen LogP contribution in [0.1, 0.15) is 46.0 Å². The van der Waals surface area contributed by atoms with E-state index in [1.165, 1.54) is 12.8 Å². The smallest absolute Gasteiger partial charge is 0.312 e. The van der Waals surface area contributed by atoms with Crippen molar-refractivity contribution in [1.29, 1.82) is 0 Å². The van der Waals surface area contributed by atoms with Crippen LogP contribution in [0.25, 0.3) is 0 Å². The number of fused-ring (bicyclic) bond motifs is 2. The molecule has 4 nitrogen and oxygen atoms in total. The molecule has 130 valence electrons. The predicted molar refractivity (Wildman–Crippen MR) is 84.5 cm³/mol. The van der Waals surface area contributed by atoms with Crippen LogP contribution in [0, 0.1) is 52.8 Å². The van der Waals surface area contributed by atoms with Gasteiger partial charge in [-0.05, 0) is 68.6 Å². The molecule has 24 heavy (non-hydrogen) atoms. The molecule has 11 atom stereocenters. The van der Waals surface area contributed by atoms with Gasteiger partial charge < -0.3 is 9.47 Å². The molecule has 0 spiro atoms. The quantitative estimate of drug-likeness (QED) is 0.747. The van der Waals surface area contributed by atoms with Crippen molar-refractivity contribution in [2.75, 3.05) is 0 Å². The highest BCUT2D eigenvalue weighted by Gasteiger charge is 2.68. The standard InChI is InChI=1S/C20H26O4/c1-8-12-6-13-15(18(21)23-16(8)13)11(12)4-3-10-9-5-14-17(10)24-19(22)20(14,2)7-9/h8-17H,3-7H2,1-2H3/t8-,9?,10-,11+,12?,13?,14?,15?,16?,17?,20-/m1/s1. The molecule has 6 rings (SSSR count). The lowest BCUT2D eigenvalue weighted by Gasteiger charge is -2.33. The lowest BCUT2D eigenvalue weighted by molar-refractivity contribution is -0.148. The van der Waals surface area contributed by atoms with Gasteiger partial charge in [-0.2, -0.15) is 0 Å². The zero-order valence-electron chi connectivity index (χ0n) is 14.4. The molecular formula is C20H26O4. The fraction of sp³-hybridized carbons (Fsp3) is 0.900. The average molecular weight is 330 g/mol. The Morgan fingerprint density at radius 3 is 2.67 bits per heavy atom. The van der Waals surface area contributed by atoms with Crippen molar-refractivity contribution in [2.45, 2.75) is 58.2 Å². The molecule has 0 aromatic heterocycles. The Labute approximate surface area is 142 Å². The van der Waals surface area contributed by atoms with Gasteiger partial charge in [-0.25, -0.2) is 0 Å². The molecular weight excluding hydrogens is 304 g/mol. The van der Waals surface area contributed by atoms with E-state index < -0.39 is 0 Å². The van der Waals surface area contributed by atoms with Crippen LogP contribution in [-0.4, -0.2) is 24.1 Å². The van der Waals surface area contributed by atoms with Crippen molar-refractivity contribution in [1.82, 2.24) is 0 Å². The van der Waals surface area contributed by atoms with E-state index in [0.717, 1.165) is 19.3 Å². The minimum atomic E-state index is -0.185. The van der Waals surface area contributed by atoms with Crippen LogP contribution in [0.5, 0.6) is 0 Å². The van der Waals surface area contributed by atoms with E-state index in [0.29, 0.717) is 41.4 Å². The summed E-state index contributed by atoms with van der Waals surface area (Å²) in [5, 5.41) is 0. The van der Waals surface area contributed by atoms with E-state index in [9.17, 15) is 9.59 Å². The first-order valence-corrected chi connectivity index (χ1v) is 9.90. The van der Waals surface area contributed by atoms with Crippen molar-refractivity contribution in [2.24, 2.45) is 52.8 Å². The molecule has 0 aromatic rings. The molecule has 0 radical (unpaired) electrons. The fourth-order valence-electron chi connectivity index (χ4n) is 8.15. The van der Waals surface area contributed by atoms with Gasteiger partial charge in [0.25, 0.3) is 0 Å². The second-order valence-electron chi connectivity index (χ2n) is 9.85. The van der Waals surface area contributed by atoms with Crippen LogP contribution in [0.4, 0.5) is 0 Å². The Morgan fingerprint density at radius 1 is 1.04 bits per heavy atom. The lowest BCUT2D eigenvalue weighted by atomic mass is 9.68. The van der Waals surface area contributed by atoms with Gasteiger partial charge in [0.1, 0.15) is 12.2 Å². The maximum absolute atomic E-state index is 12.3. The Bertz CT molecular complexity index is 644. The third-order valence-electron chi connectivity index (χ3n) is 9.18. The average Bonchev–Trinajstić information content (AvgIpc) is 3.29. The molecule has 7 unspecified atom stereocenters. The SMILES string of the molecule is C[C@H]1C2OC(=O)C3C2CC1[C@@H]3CC[C@@H]1C2CC3C1OC(=O)[C@]3(C)C2. The molecule has 4 heteroatoms. The highest BCUT2D eigenvalue weighted by Crippen LogP contribution is 2.66. The Balaban J connectivity index is 1.20. The minimum Gasteiger partial charge on any atom is -0.462 e. The zero-order valence-corrected chi connectivity index (χ0v) is 14.4. The summed E-state index contributed by atoms with van der Waals surface area (Å²) < 4.78 is 11.5. The number of rotatable bonds is 3. The van der Waals surface area contributed by atoms with Gasteiger partial charge in [0.05, 0.1) is 11.3 Å². The summed E-state index contributed by atoms with van der Waals surface area (Å²) >= 11 is 0. The maximum atomic E-state index is 12.3. The summed E-state index contributed by atoms with van der Waals surface area (Å²) in [5.41, 5.74) is -0.185.